The van der Waals surface area contributed by atoms with E-state index >= 15 is 0 Å². The number of hydrogen-bond donors (Lipinski definition) is 1. The minimum atomic E-state index is -4.83. The number of nitrogens with zero attached hydrogens (tertiary/aromatic N) is 1. The number of pyridine rings is 1. The monoisotopic (exact) mass is 312 g/mol. The second kappa shape index (κ2) is 6.79. The minimum absolute atomic E-state index is 0.0389. The Morgan fingerprint density at radius 1 is 1.43 bits per heavy atom. The number of nitrogens with two attached hydrogens (primary N) is 1. The van der Waals surface area contributed by atoms with Crippen molar-refractivity contribution in [2.45, 2.75) is 32.5 Å². The van der Waals surface area contributed by atoms with Crippen molar-refractivity contribution in [2.75, 3.05) is 6.61 Å². The topological polar surface area (TPSA) is 65.2 Å². The Morgan fingerprint density at radius 2 is 2.05 bits per heavy atom. The van der Waals surface area contributed by atoms with Crippen molar-refractivity contribution in [2.24, 2.45) is 5.73 Å². The number of halogens is 5. The highest BCUT2D eigenvalue weighted by Crippen LogP contribution is 2.34. The van der Waals surface area contributed by atoms with E-state index in [4.69, 9.17) is 5.73 Å². The van der Waals surface area contributed by atoms with Crippen molar-refractivity contribution in [3.05, 3.63) is 28.6 Å². The Kier molecular flexibility index (Phi) is 5.59. The zero-order chi connectivity index (χ0) is 16.2. The summed E-state index contributed by atoms with van der Waals surface area (Å²) < 4.78 is 68.8. The number of rotatable bonds is 5. The predicted octanol–water partition coefficient (Wildman–Crippen LogP) is 2.60. The van der Waals surface area contributed by atoms with Crippen molar-refractivity contribution in [1.29, 1.82) is 0 Å². The SMILES string of the molecule is CCOC(=O)Cc1nc(C(F)F)c(CN)cc1C(F)(F)F. The largest absolute Gasteiger partial charge is 0.466 e. The highest BCUT2D eigenvalue weighted by atomic mass is 19.4. The molecule has 0 aliphatic carbocycles. The van der Waals surface area contributed by atoms with Gasteiger partial charge in [0.25, 0.3) is 6.43 Å². The molecular weight excluding hydrogens is 299 g/mol. The minimum Gasteiger partial charge on any atom is -0.466 e. The lowest BCUT2D eigenvalue weighted by atomic mass is 10.0. The first-order valence-electron chi connectivity index (χ1n) is 5.94. The maximum Gasteiger partial charge on any atom is 0.418 e. The molecule has 1 rings (SSSR count). The van der Waals surface area contributed by atoms with E-state index in [0.717, 1.165) is 0 Å². The van der Waals surface area contributed by atoms with Crippen molar-refractivity contribution in [3.8, 4) is 0 Å². The van der Waals surface area contributed by atoms with E-state index in [0.29, 0.717) is 6.07 Å². The fourth-order valence-electron chi connectivity index (χ4n) is 1.69. The van der Waals surface area contributed by atoms with Crippen molar-refractivity contribution in [1.82, 2.24) is 4.98 Å². The van der Waals surface area contributed by atoms with E-state index in [-0.39, 0.29) is 6.61 Å². The van der Waals surface area contributed by atoms with Crippen molar-refractivity contribution < 1.29 is 31.5 Å². The van der Waals surface area contributed by atoms with Crippen LogP contribution in [0.15, 0.2) is 6.07 Å². The van der Waals surface area contributed by atoms with Crippen molar-refractivity contribution in [3.63, 3.8) is 0 Å². The molecule has 1 heterocycles. The zero-order valence-electron chi connectivity index (χ0n) is 11.0. The molecule has 0 amide bonds. The summed E-state index contributed by atoms with van der Waals surface area (Å²) in [7, 11) is 0. The van der Waals surface area contributed by atoms with Gasteiger partial charge in [-0.05, 0) is 18.6 Å². The fourth-order valence-corrected chi connectivity index (χ4v) is 1.69. The van der Waals surface area contributed by atoms with Gasteiger partial charge in [-0.15, -0.1) is 0 Å². The second-order valence-electron chi connectivity index (χ2n) is 4.01. The molecule has 0 bridgehead atoms. The summed E-state index contributed by atoms with van der Waals surface area (Å²) in [5.74, 6) is -0.976. The van der Waals surface area contributed by atoms with E-state index in [2.05, 4.69) is 9.72 Å². The first-order chi connectivity index (χ1) is 9.70. The van der Waals surface area contributed by atoms with Crippen LogP contribution in [0.3, 0.4) is 0 Å². The first kappa shape index (κ1) is 17.3. The molecule has 0 atom stereocenters. The van der Waals surface area contributed by atoms with Gasteiger partial charge in [-0.3, -0.25) is 9.78 Å². The summed E-state index contributed by atoms with van der Waals surface area (Å²) in [6.45, 7) is 0.913. The normalized spacial score (nSPS) is 11.8. The number of esters is 1. The average Bonchev–Trinajstić information content (AvgIpc) is 2.37. The molecule has 0 aromatic carbocycles. The van der Waals surface area contributed by atoms with Gasteiger partial charge in [-0.2, -0.15) is 13.2 Å². The molecule has 0 aliphatic rings. The Morgan fingerprint density at radius 3 is 2.48 bits per heavy atom. The van der Waals surface area contributed by atoms with E-state index < -0.39 is 54.1 Å². The third kappa shape index (κ3) is 4.35. The number of aromatic nitrogens is 1. The van der Waals surface area contributed by atoms with Crippen molar-refractivity contribution >= 4 is 5.97 Å². The molecule has 0 saturated carbocycles. The van der Waals surface area contributed by atoms with Gasteiger partial charge in [0.1, 0.15) is 5.69 Å². The Hall–Kier alpha value is -1.77. The molecule has 1 aromatic heterocycles. The molecule has 0 saturated heterocycles. The van der Waals surface area contributed by atoms with E-state index in [1.165, 1.54) is 6.92 Å². The van der Waals surface area contributed by atoms with Crippen LogP contribution in [0.4, 0.5) is 22.0 Å². The van der Waals surface area contributed by atoms with Gasteiger partial charge in [0.05, 0.1) is 24.3 Å². The predicted molar refractivity (Wildman–Crippen MR) is 62.4 cm³/mol. The standard InChI is InChI=1S/C12H13F5N2O2/c1-2-21-9(20)4-8-7(12(15,16)17)3-6(5-18)10(19-8)11(13)14/h3,11H,2,4-5,18H2,1H3. The van der Waals surface area contributed by atoms with Crippen LogP contribution in [0.2, 0.25) is 0 Å². The maximum atomic E-state index is 12.9. The van der Waals surface area contributed by atoms with Crippen LogP contribution in [0.5, 0.6) is 0 Å². The Balaban J connectivity index is 3.36. The van der Waals surface area contributed by atoms with Gasteiger partial charge in [0.15, 0.2) is 0 Å². The molecule has 4 nitrogen and oxygen atoms in total. The number of carbonyl (C=O) groups is 1. The summed E-state index contributed by atoms with van der Waals surface area (Å²) in [6.07, 6.45) is -8.76. The van der Waals surface area contributed by atoms with E-state index in [1.54, 1.807) is 0 Å². The maximum absolute atomic E-state index is 12.9. The van der Waals surface area contributed by atoms with Crippen LogP contribution in [0.25, 0.3) is 0 Å². The molecular formula is C12H13F5N2O2. The van der Waals surface area contributed by atoms with Crippen LogP contribution in [0.1, 0.15) is 35.9 Å². The second-order valence-corrected chi connectivity index (χ2v) is 4.01. The molecule has 1 aromatic rings. The Labute approximate surface area is 117 Å². The molecule has 118 valence electrons. The lowest BCUT2D eigenvalue weighted by molar-refractivity contribution is -0.143. The van der Waals surface area contributed by atoms with Gasteiger partial charge in [0, 0.05) is 6.54 Å². The van der Waals surface area contributed by atoms with Gasteiger partial charge in [0.2, 0.25) is 0 Å². The zero-order valence-corrected chi connectivity index (χ0v) is 11.0. The molecule has 0 radical (unpaired) electrons. The molecule has 2 N–H and O–H groups in total. The van der Waals surface area contributed by atoms with Crippen LogP contribution in [-0.2, 0) is 28.7 Å². The highest BCUT2D eigenvalue weighted by Gasteiger charge is 2.36. The van der Waals surface area contributed by atoms with Crippen LogP contribution < -0.4 is 5.73 Å². The number of carbonyl (C=O) groups excluding carboxylic acids is 1. The molecule has 0 unspecified atom stereocenters. The first-order valence-corrected chi connectivity index (χ1v) is 5.94. The lowest BCUT2D eigenvalue weighted by Crippen LogP contribution is -2.19. The lowest BCUT2D eigenvalue weighted by Gasteiger charge is -2.16. The van der Waals surface area contributed by atoms with E-state index in [9.17, 15) is 26.7 Å². The summed E-state index contributed by atoms with van der Waals surface area (Å²) >= 11 is 0. The quantitative estimate of drug-likeness (QED) is 0.670. The molecule has 0 aliphatic heterocycles. The summed E-state index contributed by atoms with van der Waals surface area (Å²) in [5.41, 5.74) is 1.84. The smallest absolute Gasteiger partial charge is 0.418 e. The molecule has 21 heavy (non-hydrogen) atoms. The average molecular weight is 312 g/mol. The molecule has 0 spiro atoms. The third-order valence-electron chi connectivity index (χ3n) is 2.56. The van der Waals surface area contributed by atoms with Gasteiger partial charge >= 0.3 is 12.1 Å². The van der Waals surface area contributed by atoms with Gasteiger partial charge in [-0.1, -0.05) is 0 Å². The number of hydrogen-bond acceptors (Lipinski definition) is 4. The Bertz CT molecular complexity index is 517. The number of alkyl halides is 5. The van der Waals surface area contributed by atoms with Crippen LogP contribution in [0, 0.1) is 0 Å². The van der Waals surface area contributed by atoms with Crippen LogP contribution >= 0.6 is 0 Å². The summed E-state index contributed by atoms with van der Waals surface area (Å²) in [6, 6.07) is 0.503. The molecule has 9 heteroatoms. The van der Waals surface area contributed by atoms with Gasteiger partial charge in [-0.25, -0.2) is 8.78 Å². The third-order valence-corrected chi connectivity index (χ3v) is 2.56. The van der Waals surface area contributed by atoms with E-state index in [1.807, 2.05) is 0 Å². The number of ether oxygens (including phenoxy) is 1. The van der Waals surface area contributed by atoms with Crippen LogP contribution in [-0.4, -0.2) is 17.6 Å². The highest BCUT2D eigenvalue weighted by molar-refractivity contribution is 5.72. The van der Waals surface area contributed by atoms with Gasteiger partial charge < -0.3 is 10.5 Å². The molecule has 0 fully saturated rings. The summed E-state index contributed by atoms with van der Waals surface area (Å²) in [5, 5.41) is 0. The summed E-state index contributed by atoms with van der Waals surface area (Å²) in [4.78, 5) is 14.6. The fraction of sp³-hybridized carbons (Fsp3) is 0.500.